The van der Waals surface area contributed by atoms with Crippen LogP contribution in [0.1, 0.15) is 6.42 Å². The van der Waals surface area contributed by atoms with E-state index in [-0.39, 0.29) is 31.0 Å². The summed E-state index contributed by atoms with van der Waals surface area (Å²) in [6.07, 6.45) is -4.17. The van der Waals surface area contributed by atoms with Gasteiger partial charge in [-0.15, -0.1) is 0 Å². The van der Waals surface area contributed by atoms with Crippen LogP contribution in [0.15, 0.2) is 18.2 Å². The minimum absolute atomic E-state index is 0.0262. The van der Waals surface area contributed by atoms with Crippen molar-refractivity contribution in [3.63, 3.8) is 0 Å². The molecule has 1 aliphatic rings. The van der Waals surface area contributed by atoms with Gasteiger partial charge in [0, 0.05) is 0 Å². The number of para-hydroxylation sites is 1. The fourth-order valence-corrected chi connectivity index (χ4v) is 2.05. The molecule has 0 aliphatic carbocycles. The van der Waals surface area contributed by atoms with Gasteiger partial charge < -0.3 is 14.4 Å². The number of fused-ring (bicyclic) bond motifs is 1. The second-order valence-corrected chi connectivity index (χ2v) is 4.84. The second-order valence-electron chi connectivity index (χ2n) is 4.84. The van der Waals surface area contributed by atoms with Crippen LogP contribution in [0, 0.1) is 5.82 Å². The molecule has 0 spiro atoms. The highest BCUT2D eigenvalue weighted by Gasteiger charge is 2.41. The van der Waals surface area contributed by atoms with Crippen LogP contribution in [-0.4, -0.2) is 44.6 Å². The van der Waals surface area contributed by atoms with E-state index >= 15 is 0 Å². The van der Waals surface area contributed by atoms with Gasteiger partial charge in [0.2, 0.25) is 5.91 Å². The Bertz CT molecular complexity index is 567. The Morgan fingerprint density at radius 2 is 2.13 bits per heavy atom. The van der Waals surface area contributed by atoms with Gasteiger partial charge in [0.25, 0.3) is 0 Å². The molecule has 0 aromatic heterocycles. The van der Waals surface area contributed by atoms with Crippen LogP contribution in [0.4, 0.5) is 27.6 Å². The Hall–Kier alpha value is -1.90. The van der Waals surface area contributed by atoms with E-state index in [0.29, 0.717) is 0 Å². The number of hydrogen-bond donors (Lipinski definition) is 0. The lowest BCUT2D eigenvalue weighted by molar-refractivity contribution is -0.166. The summed E-state index contributed by atoms with van der Waals surface area (Å²) in [6.45, 7) is -1.69. The predicted molar refractivity (Wildman–Crippen MR) is 70.6 cm³/mol. The van der Waals surface area contributed by atoms with Gasteiger partial charge in [-0.1, -0.05) is 6.07 Å². The van der Waals surface area contributed by atoms with Crippen LogP contribution < -0.4 is 9.64 Å². The smallest absolute Gasteiger partial charge is 0.330 e. The van der Waals surface area contributed by atoms with E-state index in [1.807, 2.05) is 0 Å². The van der Waals surface area contributed by atoms with E-state index in [9.17, 15) is 26.7 Å². The van der Waals surface area contributed by atoms with Crippen molar-refractivity contribution in [2.75, 3.05) is 31.3 Å². The van der Waals surface area contributed by atoms with Gasteiger partial charge in [0.1, 0.15) is 24.7 Å². The highest BCUT2D eigenvalue weighted by Crippen LogP contribution is 2.34. The van der Waals surface area contributed by atoms with E-state index in [2.05, 4.69) is 4.74 Å². The van der Waals surface area contributed by atoms with Gasteiger partial charge in [-0.2, -0.15) is 8.78 Å². The first-order chi connectivity index (χ1) is 10.8. The van der Waals surface area contributed by atoms with Crippen molar-refractivity contribution in [1.29, 1.82) is 0 Å². The number of alkyl halides is 4. The van der Waals surface area contributed by atoms with E-state index in [4.69, 9.17) is 4.74 Å². The lowest BCUT2D eigenvalue weighted by Crippen LogP contribution is -2.39. The molecule has 0 radical (unpaired) electrons. The minimum atomic E-state index is -4.26. The highest BCUT2D eigenvalue weighted by molar-refractivity contribution is 5.95. The Balaban J connectivity index is 1.91. The minimum Gasteiger partial charge on any atom is -0.489 e. The Morgan fingerprint density at radius 1 is 1.39 bits per heavy atom. The molecule has 0 atom stereocenters. The number of rotatable bonds is 6. The van der Waals surface area contributed by atoms with Crippen molar-refractivity contribution >= 4 is 11.6 Å². The number of hydrogen-bond acceptors (Lipinski definition) is 3. The quantitative estimate of drug-likeness (QED) is 0.591. The number of carbonyl (C=O) groups is 1. The lowest BCUT2D eigenvalue weighted by atomic mass is 10.2. The molecule has 0 saturated carbocycles. The first kappa shape index (κ1) is 17.5. The maximum absolute atomic E-state index is 13.8. The molecule has 0 fully saturated rings. The second kappa shape index (κ2) is 7.12. The molecule has 0 N–H and O–H groups in total. The van der Waals surface area contributed by atoms with Crippen molar-refractivity contribution in [1.82, 2.24) is 0 Å². The van der Waals surface area contributed by atoms with Crippen LogP contribution in [0.5, 0.6) is 5.75 Å². The molecule has 128 valence electrons. The van der Waals surface area contributed by atoms with Crippen LogP contribution in [-0.2, 0) is 9.53 Å². The van der Waals surface area contributed by atoms with Gasteiger partial charge in [-0.25, -0.2) is 13.2 Å². The molecule has 2 rings (SSSR count). The number of benzene rings is 1. The molecule has 0 bridgehead atoms. The third-order valence-electron chi connectivity index (χ3n) is 3.17. The zero-order valence-corrected chi connectivity index (χ0v) is 11.9. The molecule has 23 heavy (non-hydrogen) atoms. The Morgan fingerprint density at radius 3 is 2.83 bits per heavy atom. The summed E-state index contributed by atoms with van der Waals surface area (Å²) in [5.41, 5.74) is -0.0262. The van der Waals surface area contributed by atoms with Gasteiger partial charge in [0.15, 0.2) is 5.82 Å². The van der Waals surface area contributed by atoms with Crippen molar-refractivity contribution in [2.24, 2.45) is 0 Å². The predicted octanol–water partition coefficient (Wildman–Crippen LogP) is 2.86. The lowest BCUT2D eigenvalue weighted by Gasteiger charge is -2.29. The number of halogens is 5. The summed E-state index contributed by atoms with van der Waals surface area (Å²) in [4.78, 5) is 13.2. The van der Waals surface area contributed by atoms with E-state index in [1.54, 1.807) is 0 Å². The maximum atomic E-state index is 13.8. The fraction of sp³-hybridized carbons (Fsp3) is 0.500. The molecule has 4 nitrogen and oxygen atoms in total. The van der Waals surface area contributed by atoms with Crippen LogP contribution in [0.3, 0.4) is 0 Å². The summed E-state index contributed by atoms with van der Waals surface area (Å²) < 4.78 is 72.7. The first-order valence-electron chi connectivity index (χ1n) is 6.78. The molecular weight excluding hydrogens is 325 g/mol. The average molecular weight is 339 g/mol. The number of carbonyl (C=O) groups excluding carboxylic acids is 1. The molecule has 0 saturated heterocycles. The highest BCUT2D eigenvalue weighted by atomic mass is 19.3. The monoisotopic (exact) mass is 339 g/mol. The molecular formula is C14H14F5NO3. The summed E-state index contributed by atoms with van der Waals surface area (Å²) in [5, 5.41) is 0. The topological polar surface area (TPSA) is 38.8 Å². The van der Waals surface area contributed by atoms with Gasteiger partial charge in [-0.05, 0) is 12.1 Å². The number of amides is 1. The summed E-state index contributed by atoms with van der Waals surface area (Å²) in [5.74, 6) is -5.28. The molecule has 1 aliphatic heterocycles. The molecule has 9 heteroatoms. The number of ether oxygens (including phenoxy) is 2. The van der Waals surface area contributed by atoms with Crippen LogP contribution in [0.25, 0.3) is 0 Å². The fourth-order valence-electron chi connectivity index (χ4n) is 2.05. The average Bonchev–Trinajstić information content (AvgIpc) is 2.51. The summed E-state index contributed by atoms with van der Waals surface area (Å²) in [7, 11) is 0. The SMILES string of the molecule is O=C(CCOCC(F)(F)C(F)F)N1CCOc2cccc(F)c21. The van der Waals surface area contributed by atoms with E-state index in [0.717, 1.165) is 11.0 Å². The third kappa shape index (κ3) is 4.10. The zero-order valence-electron chi connectivity index (χ0n) is 11.9. The molecule has 1 amide bonds. The van der Waals surface area contributed by atoms with Crippen molar-refractivity contribution in [3.8, 4) is 5.75 Å². The third-order valence-corrected chi connectivity index (χ3v) is 3.17. The zero-order chi connectivity index (χ0) is 17.0. The van der Waals surface area contributed by atoms with Crippen molar-refractivity contribution < 1.29 is 36.2 Å². The van der Waals surface area contributed by atoms with Crippen molar-refractivity contribution in [2.45, 2.75) is 18.8 Å². The van der Waals surface area contributed by atoms with Gasteiger partial charge in [-0.3, -0.25) is 4.79 Å². The molecule has 1 aromatic rings. The number of anilines is 1. The van der Waals surface area contributed by atoms with Crippen molar-refractivity contribution in [3.05, 3.63) is 24.0 Å². The summed E-state index contributed by atoms with van der Waals surface area (Å²) >= 11 is 0. The van der Waals surface area contributed by atoms with Crippen LogP contribution in [0.2, 0.25) is 0 Å². The standard InChI is InChI=1S/C14H14F5NO3/c15-9-2-1-3-10-12(9)20(5-7-23-10)11(21)4-6-22-8-14(18,19)13(16)17/h1-3,13H,4-8H2. The largest absolute Gasteiger partial charge is 0.489 e. The first-order valence-corrected chi connectivity index (χ1v) is 6.78. The summed E-state index contributed by atoms with van der Waals surface area (Å²) in [6, 6.07) is 4.09. The maximum Gasteiger partial charge on any atom is 0.330 e. The Kier molecular flexibility index (Phi) is 5.40. The normalized spacial score (nSPS) is 14.6. The van der Waals surface area contributed by atoms with Gasteiger partial charge in [0.05, 0.1) is 19.6 Å². The van der Waals surface area contributed by atoms with E-state index < -0.39 is 37.3 Å². The Labute approximate surface area is 128 Å². The molecule has 1 heterocycles. The molecule has 1 aromatic carbocycles. The molecule has 0 unspecified atom stereocenters. The van der Waals surface area contributed by atoms with E-state index in [1.165, 1.54) is 12.1 Å². The van der Waals surface area contributed by atoms with Gasteiger partial charge >= 0.3 is 12.3 Å². The van der Waals surface area contributed by atoms with Crippen LogP contribution >= 0.6 is 0 Å². The number of nitrogens with zero attached hydrogens (tertiary/aromatic N) is 1.